The van der Waals surface area contributed by atoms with Crippen LogP contribution in [0.3, 0.4) is 0 Å². The quantitative estimate of drug-likeness (QED) is 0.354. The summed E-state index contributed by atoms with van der Waals surface area (Å²) >= 11 is 0. The molecule has 168 valence electrons. The zero-order valence-corrected chi connectivity index (χ0v) is 20.9. The highest BCUT2D eigenvalue weighted by Crippen LogP contribution is 2.34. The number of likely N-dealkylation sites (N-methyl/N-ethyl adjacent to an activating group) is 1. The van der Waals surface area contributed by atoms with Crippen molar-refractivity contribution >= 4 is 24.7 Å². The Hall–Kier alpha value is -2.66. The molecular formula is C28H35NO2Si. The Bertz CT molecular complexity index is 1020. The standard InChI is InChI=1S/C28H35NO2Si/c1-6-27(22-14-18-26(19-15-22)32(4,5)30)28(23-10-8-7-9-11-23)24-12-16-25(17-13-24)31-21-20-29(2)3/h7-19,30H,6,20-21H2,1-5H3/b28-27-. The van der Waals surface area contributed by atoms with Crippen LogP contribution in [-0.2, 0) is 0 Å². The Morgan fingerprint density at radius 1 is 0.812 bits per heavy atom. The van der Waals surface area contributed by atoms with Crippen molar-refractivity contribution in [2.45, 2.75) is 26.4 Å². The second-order valence-corrected chi connectivity index (χ2v) is 12.6. The van der Waals surface area contributed by atoms with Gasteiger partial charge in [0.1, 0.15) is 12.4 Å². The molecule has 0 atom stereocenters. The van der Waals surface area contributed by atoms with Gasteiger partial charge in [0.05, 0.1) is 0 Å². The molecule has 0 saturated carbocycles. The predicted octanol–water partition coefficient (Wildman–Crippen LogP) is 5.40. The number of hydrogen-bond donors (Lipinski definition) is 1. The van der Waals surface area contributed by atoms with E-state index in [9.17, 15) is 4.80 Å². The van der Waals surface area contributed by atoms with Gasteiger partial charge in [0.25, 0.3) is 0 Å². The fourth-order valence-corrected chi connectivity index (χ4v) is 4.77. The van der Waals surface area contributed by atoms with Gasteiger partial charge in [0, 0.05) is 6.54 Å². The van der Waals surface area contributed by atoms with Crippen molar-refractivity contribution in [1.82, 2.24) is 4.90 Å². The van der Waals surface area contributed by atoms with Crippen LogP contribution in [0, 0.1) is 0 Å². The van der Waals surface area contributed by atoms with Crippen LogP contribution in [0.4, 0.5) is 0 Å². The van der Waals surface area contributed by atoms with Crippen LogP contribution in [0.5, 0.6) is 5.75 Å². The Morgan fingerprint density at radius 3 is 1.91 bits per heavy atom. The highest BCUT2D eigenvalue weighted by molar-refractivity contribution is 6.83. The molecule has 0 unspecified atom stereocenters. The molecule has 3 nitrogen and oxygen atoms in total. The highest BCUT2D eigenvalue weighted by Gasteiger charge is 2.20. The maximum atomic E-state index is 10.5. The van der Waals surface area contributed by atoms with Gasteiger partial charge in [-0.25, -0.2) is 0 Å². The van der Waals surface area contributed by atoms with Crippen molar-refractivity contribution in [1.29, 1.82) is 0 Å². The summed E-state index contributed by atoms with van der Waals surface area (Å²) in [5.41, 5.74) is 6.10. The number of hydrogen-bond acceptors (Lipinski definition) is 3. The van der Waals surface area contributed by atoms with E-state index in [1.165, 1.54) is 27.8 Å². The molecule has 32 heavy (non-hydrogen) atoms. The molecule has 1 N–H and O–H groups in total. The van der Waals surface area contributed by atoms with Gasteiger partial charge in [0.2, 0.25) is 8.32 Å². The van der Waals surface area contributed by atoms with Crippen LogP contribution >= 0.6 is 0 Å². The van der Waals surface area contributed by atoms with E-state index in [1.807, 2.05) is 27.2 Å². The van der Waals surface area contributed by atoms with Crippen LogP contribution < -0.4 is 9.92 Å². The second kappa shape index (κ2) is 10.8. The lowest BCUT2D eigenvalue weighted by atomic mass is 9.88. The van der Waals surface area contributed by atoms with Gasteiger partial charge in [0.15, 0.2) is 0 Å². The topological polar surface area (TPSA) is 32.7 Å². The average Bonchev–Trinajstić information content (AvgIpc) is 2.78. The summed E-state index contributed by atoms with van der Waals surface area (Å²) in [6, 6.07) is 27.5. The molecule has 0 radical (unpaired) electrons. The average molecular weight is 446 g/mol. The van der Waals surface area contributed by atoms with Gasteiger partial charge in [-0.15, -0.1) is 0 Å². The molecule has 0 aromatic heterocycles. The van der Waals surface area contributed by atoms with E-state index in [4.69, 9.17) is 4.74 Å². The Labute approximate surface area is 194 Å². The zero-order valence-electron chi connectivity index (χ0n) is 19.9. The Kier molecular flexibility index (Phi) is 8.08. The van der Waals surface area contributed by atoms with E-state index in [1.54, 1.807) is 0 Å². The fourth-order valence-electron chi connectivity index (χ4n) is 3.79. The first-order valence-electron chi connectivity index (χ1n) is 11.3. The number of ether oxygens (including phenoxy) is 1. The van der Waals surface area contributed by atoms with E-state index < -0.39 is 8.32 Å². The summed E-state index contributed by atoms with van der Waals surface area (Å²) < 4.78 is 5.90. The first-order chi connectivity index (χ1) is 15.3. The summed E-state index contributed by atoms with van der Waals surface area (Å²) in [6.07, 6.45) is 0.907. The molecule has 4 heteroatoms. The molecule has 0 bridgehead atoms. The minimum Gasteiger partial charge on any atom is -0.492 e. The van der Waals surface area contributed by atoms with Gasteiger partial charge in [-0.05, 0) is 78.8 Å². The molecule has 0 fully saturated rings. The molecule has 3 aromatic carbocycles. The zero-order chi connectivity index (χ0) is 23.1. The molecular weight excluding hydrogens is 410 g/mol. The van der Waals surface area contributed by atoms with Crippen molar-refractivity contribution in [3.63, 3.8) is 0 Å². The highest BCUT2D eigenvalue weighted by atomic mass is 28.4. The van der Waals surface area contributed by atoms with E-state index in [0.717, 1.165) is 23.9 Å². The van der Waals surface area contributed by atoms with Gasteiger partial charge in [-0.1, -0.05) is 73.7 Å². The Morgan fingerprint density at radius 2 is 1.38 bits per heavy atom. The van der Waals surface area contributed by atoms with E-state index >= 15 is 0 Å². The molecule has 0 amide bonds. The lowest BCUT2D eigenvalue weighted by Crippen LogP contribution is -2.41. The van der Waals surface area contributed by atoms with Gasteiger partial charge in [-0.2, -0.15) is 0 Å². The van der Waals surface area contributed by atoms with Crippen molar-refractivity contribution in [3.8, 4) is 5.75 Å². The Balaban J connectivity index is 2.03. The lowest BCUT2D eigenvalue weighted by molar-refractivity contribution is 0.261. The molecule has 3 rings (SSSR count). The summed E-state index contributed by atoms with van der Waals surface area (Å²) in [5, 5.41) is 1.05. The SMILES string of the molecule is CC/C(=C(\c1ccccc1)c1ccc(OCCN(C)C)cc1)c1ccc([Si](C)(C)O)cc1. The first-order valence-corrected chi connectivity index (χ1v) is 14.2. The molecule has 0 spiro atoms. The smallest absolute Gasteiger partial charge is 0.213 e. The second-order valence-electron chi connectivity index (χ2n) is 8.89. The van der Waals surface area contributed by atoms with Gasteiger partial charge >= 0.3 is 0 Å². The third-order valence-corrected chi connectivity index (χ3v) is 7.35. The molecule has 3 aromatic rings. The maximum Gasteiger partial charge on any atom is 0.213 e. The predicted molar refractivity (Wildman–Crippen MR) is 139 cm³/mol. The fraction of sp³-hybridized carbons (Fsp3) is 0.286. The molecule has 0 saturated heterocycles. The van der Waals surface area contributed by atoms with Crippen molar-refractivity contribution < 1.29 is 9.53 Å². The van der Waals surface area contributed by atoms with E-state index in [0.29, 0.717) is 6.61 Å². The number of rotatable bonds is 9. The van der Waals surface area contributed by atoms with Crippen LogP contribution in [-0.4, -0.2) is 45.3 Å². The minimum absolute atomic E-state index is 0.671. The van der Waals surface area contributed by atoms with Crippen molar-refractivity contribution in [2.75, 3.05) is 27.2 Å². The summed E-state index contributed by atoms with van der Waals surface area (Å²) in [7, 11) is 1.78. The van der Waals surface area contributed by atoms with Crippen LogP contribution in [0.1, 0.15) is 30.0 Å². The third kappa shape index (κ3) is 6.19. The van der Waals surface area contributed by atoms with E-state index in [-0.39, 0.29) is 0 Å². The van der Waals surface area contributed by atoms with Gasteiger partial charge < -0.3 is 14.4 Å². The van der Waals surface area contributed by atoms with E-state index in [2.05, 4.69) is 90.7 Å². The van der Waals surface area contributed by atoms with Crippen molar-refractivity contribution in [3.05, 3.63) is 95.6 Å². The normalized spacial score (nSPS) is 12.6. The lowest BCUT2D eigenvalue weighted by Gasteiger charge is -2.19. The molecule has 0 heterocycles. The monoisotopic (exact) mass is 445 g/mol. The first kappa shape index (κ1) is 24.0. The summed E-state index contributed by atoms with van der Waals surface area (Å²) in [5.74, 6) is 0.889. The van der Waals surface area contributed by atoms with Crippen LogP contribution in [0.2, 0.25) is 13.1 Å². The number of nitrogens with zero attached hydrogens (tertiary/aromatic N) is 1. The van der Waals surface area contributed by atoms with Crippen LogP contribution in [0.15, 0.2) is 78.9 Å². The molecule has 0 aliphatic carbocycles. The molecule has 0 aliphatic rings. The maximum absolute atomic E-state index is 10.5. The summed E-state index contributed by atoms with van der Waals surface area (Å²) in [6.45, 7) is 7.67. The number of allylic oxidation sites excluding steroid dienone is 1. The minimum atomic E-state index is -2.31. The largest absolute Gasteiger partial charge is 0.492 e. The third-order valence-electron chi connectivity index (χ3n) is 5.61. The molecule has 0 aliphatic heterocycles. The van der Waals surface area contributed by atoms with Gasteiger partial charge in [-0.3, -0.25) is 0 Å². The van der Waals surface area contributed by atoms with Crippen molar-refractivity contribution in [2.24, 2.45) is 0 Å². The van der Waals surface area contributed by atoms with Crippen LogP contribution in [0.25, 0.3) is 11.1 Å². The number of benzene rings is 3. The summed E-state index contributed by atoms with van der Waals surface area (Å²) in [4.78, 5) is 12.6.